The number of benzene rings is 1. The smallest absolute Gasteiger partial charge is 0.0417 e. The monoisotopic (exact) mass is 198 g/mol. The van der Waals surface area contributed by atoms with Crippen molar-refractivity contribution in [3.8, 4) is 11.1 Å². The van der Waals surface area contributed by atoms with Gasteiger partial charge in [-0.15, -0.1) is 0 Å². The molecule has 0 aliphatic heterocycles. The molecule has 76 valence electrons. The Morgan fingerprint density at radius 1 is 1.13 bits per heavy atom. The third kappa shape index (κ3) is 1.99. The highest BCUT2D eigenvalue weighted by Crippen LogP contribution is 2.27. The highest BCUT2D eigenvalue weighted by Gasteiger charge is 2.02. The number of para-hydroxylation sites is 1. The van der Waals surface area contributed by atoms with Crippen molar-refractivity contribution >= 4 is 5.69 Å². The highest BCUT2D eigenvalue weighted by molar-refractivity contribution is 5.77. The van der Waals surface area contributed by atoms with Crippen LogP contribution in [0.3, 0.4) is 0 Å². The van der Waals surface area contributed by atoms with Gasteiger partial charge in [0.05, 0.1) is 0 Å². The molecule has 1 aromatic heterocycles. The summed E-state index contributed by atoms with van der Waals surface area (Å²) in [5.41, 5.74) is 4.60. The molecule has 0 fully saturated rings. The fraction of sp³-hybridized carbons (Fsp3) is 0.154. The molecular weight excluding hydrogens is 184 g/mol. The molecule has 0 saturated carbocycles. The Morgan fingerprint density at radius 3 is 2.67 bits per heavy atom. The number of rotatable bonds is 2. The first kappa shape index (κ1) is 9.71. The summed E-state index contributed by atoms with van der Waals surface area (Å²) in [6.45, 7) is 2.01. The number of anilines is 1. The van der Waals surface area contributed by atoms with E-state index in [2.05, 4.69) is 28.5 Å². The van der Waals surface area contributed by atoms with E-state index in [1.54, 1.807) is 0 Å². The quantitative estimate of drug-likeness (QED) is 0.802. The lowest BCUT2D eigenvalue weighted by molar-refractivity contribution is 1.20. The van der Waals surface area contributed by atoms with Gasteiger partial charge in [0.25, 0.3) is 0 Å². The largest absolute Gasteiger partial charge is 0.388 e. The van der Waals surface area contributed by atoms with Crippen molar-refractivity contribution in [2.75, 3.05) is 12.4 Å². The predicted molar refractivity (Wildman–Crippen MR) is 64.0 cm³/mol. The molecule has 2 heteroatoms. The lowest BCUT2D eigenvalue weighted by Gasteiger charge is -2.08. The zero-order valence-corrected chi connectivity index (χ0v) is 8.99. The predicted octanol–water partition coefficient (Wildman–Crippen LogP) is 3.10. The number of nitrogens with one attached hydrogen (secondary N) is 1. The minimum Gasteiger partial charge on any atom is -0.388 e. The van der Waals surface area contributed by atoms with E-state index in [-0.39, 0.29) is 0 Å². The molecule has 2 nitrogen and oxygen atoms in total. The fourth-order valence-corrected chi connectivity index (χ4v) is 1.67. The van der Waals surface area contributed by atoms with E-state index >= 15 is 0 Å². The van der Waals surface area contributed by atoms with E-state index in [1.165, 1.54) is 11.1 Å². The maximum absolute atomic E-state index is 4.20. The second-order valence-electron chi connectivity index (χ2n) is 3.48. The molecular formula is C13H14N2. The second-order valence-corrected chi connectivity index (χ2v) is 3.48. The molecule has 2 aromatic rings. The summed E-state index contributed by atoms with van der Waals surface area (Å²) in [5.74, 6) is 0. The summed E-state index contributed by atoms with van der Waals surface area (Å²) in [5, 5.41) is 3.19. The Hall–Kier alpha value is -1.83. The van der Waals surface area contributed by atoms with E-state index in [0.717, 1.165) is 11.4 Å². The second kappa shape index (κ2) is 4.13. The zero-order chi connectivity index (χ0) is 10.7. The molecule has 0 aliphatic carbocycles. The van der Waals surface area contributed by atoms with E-state index in [9.17, 15) is 0 Å². The van der Waals surface area contributed by atoms with E-state index in [1.807, 2.05) is 38.4 Å². The van der Waals surface area contributed by atoms with Crippen LogP contribution in [0.4, 0.5) is 5.69 Å². The van der Waals surface area contributed by atoms with Crippen molar-refractivity contribution in [1.29, 1.82) is 0 Å². The summed E-state index contributed by atoms with van der Waals surface area (Å²) in [6.07, 6.45) is 1.84. The number of hydrogen-bond donors (Lipinski definition) is 1. The first-order valence-electron chi connectivity index (χ1n) is 5.01. The Bertz CT molecular complexity index is 464. The van der Waals surface area contributed by atoms with Gasteiger partial charge in [-0.1, -0.05) is 18.2 Å². The Kier molecular flexibility index (Phi) is 2.68. The van der Waals surface area contributed by atoms with Gasteiger partial charge in [0.2, 0.25) is 0 Å². The average molecular weight is 198 g/mol. The summed E-state index contributed by atoms with van der Waals surface area (Å²) in [4.78, 5) is 4.20. The maximum atomic E-state index is 4.20. The number of nitrogens with zero attached hydrogens (tertiary/aromatic N) is 1. The van der Waals surface area contributed by atoms with Crippen LogP contribution in [0, 0.1) is 6.92 Å². The van der Waals surface area contributed by atoms with Crippen LogP contribution in [0.5, 0.6) is 0 Å². The summed E-state index contributed by atoms with van der Waals surface area (Å²) in [7, 11) is 1.94. The molecule has 1 N–H and O–H groups in total. The van der Waals surface area contributed by atoms with E-state index in [4.69, 9.17) is 0 Å². The van der Waals surface area contributed by atoms with Crippen LogP contribution in [0.25, 0.3) is 11.1 Å². The molecule has 15 heavy (non-hydrogen) atoms. The minimum atomic E-state index is 1.04. The van der Waals surface area contributed by atoms with Crippen molar-refractivity contribution in [3.05, 3.63) is 48.3 Å². The molecule has 0 amide bonds. The van der Waals surface area contributed by atoms with Gasteiger partial charge in [0.1, 0.15) is 0 Å². The van der Waals surface area contributed by atoms with Gasteiger partial charge in [0, 0.05) is 30.2 Å². The molecule has 0 spiro atoms. The lowest BCUT2D eigenvalue weighted by Crippen LogP contribution is -1.92. The normalized spacial score (nSPS) is 10.0. The maximum Gasteiger partial charge on any atom is 0.0417 e. The van der Waals surface area contributed by atoms with Crippen LogP contribution in [-0.2, 0) is 0 Å². The fourth-order valence-electron chi connectivity index (χ4n) is 1.67. The first-order valence-corrected chi connectivity index (χ1v) is 5.01. The van der Waals surface area contributed by atoms with E-state index < -0.39 is 0 Å². The van der Waals surface area contributed by atoms with Crippen molar-refractivity contribution in [1.82, 2.24) is 4.98 Å². The summed E-state index contributed by atoms with van der Waals surface area (Å²) < 4.78 is 0. The van der Waals surface area contributed by atoms with Crippen LogP contribution in [0.1, 0.15) is 5.69 Å². The van der Waals surface area contributed by atoms with Crippen LogP contribution < -0.4 is 5.32 Å². The Labute approximate surface area is 90.0 Å². The number of aromatic nitrogens is 1. The third-order valence-electron chi connectivity index (χ3n) is 2.40. The van der Waals surface area contributed by atoms with Crippen molar-refractivity contribution in [3.63, 3.8) is 0 Å². The summed E-state index contributed by atoms with van der Waals surface area (Å²) in [6, 6.07) is 12.4. The molecule has 0 aliphatic rings. The van der Waals surface area contributed by atoms with Gasteiger partial charge in [-0.3, -0.25) is 4.98 Å². The molecule has 0 unspecified atom stereocenters. The van der Waals surface area contributed by atoms with Crippen molar-refractivity contribution in [2.24, 2.45) is 0 Å². The average Bonchev–Trinajstić information content (AvgIpc) is 2.29. The molecule has 1 aromatic carbocycles. The molecule has 0 saturated heterocycles. The number of aryl methyl sites for hydroxylation is 1. The van der Waals surface area contributed by atoms with Gasteiger partial charge < -0.3 is 5.32 Å². The molecule has 1 heterocycles. The van der Waals surface area contributed by atoms with Crippen LogP contribution in [0.2, 0.25) is 0 Å². The topological polar surface area (TPSA) is 24.9 Å². The number of hydrogen-bond acceptors (Lipinski definition) is 2. The van der Waals surface area contributed by atoms with Crippen molar-refractivity contribution in [2.45, 2.75) is 6.92 Å². The zero-order valence-electron chi connectivity index (χ0n) is 8.99. The third-order valence-corrected chi connectivity index (χ3v) is 2.40. The molecule has 0 radical (unpaired) electrons. The van der Waals surface area contributed by atoms with Crippen molar-refractivity contribution < 1.29 is 0 Å². The van der Waals surface area contributed by atoms with Gasteiger partial charge in [0.15, 0.2) is 0 Å². The Morgan fingerprint density at radius 2 is 1.93 bits per heavy atom. The van der Waals surface area contributed by atoms with Crippen LogP contribution in [-0.4, -0.2) is 12.0 Å². The highest BCUT2D eigenvalue weighted by atomic mass is 14.8. The number of pyridine rings is 1. The van der Waals surface area contributed by atoms with Gasteiger partial charge in [-0.25, -0.2) is 0 Å². The lowest BCUT2D eigenvalue weighted by atomic mass is 10.0. The van der Waals surface area contributed by atoms with Gasteiger partial charge in [-0.2, -0.15) is 0 Å². The summed E-state index contributed by atoms with van der Waals surface area (Å²) >= 11 is 0. The van der Waals surface area contributed by atoms with Gasteiger partial charge >= 0.3 is 0 Å². The Balaban J connectivity index is 2.53. The molecule has 0 bridgehead atoms. The minimum absolute atomic E-state index is 1.04. The molecule has 2 rings (SSSR count). The van der Waals surface area contributed by atoms with E-state index in [0.29, 0.717) is 0 Å². The SMILES string of the molecule is CNc1ccccc1-c1ccnc(C)c1. The standard InChI is InChI=1S/C13H14N2/c1-10-9-11(7-8-15-10)12-5-3-4-6-13(12)14-2/h3-9,14H,1-2H3. The van der Waals surface area contributed by atoms with Gasteiger partial charge in [-0.05, 0) is 30.7 Å². The first-order chi connectivity index (χ1) is 7.31. The molecule has 0 atom stereocenters. The van der Waals surface area contributed by atoms with Crippen LogP contribution >= 0.6 is 0 Å². The van der Waals surface area contributed by atoms with Crippen LogP contribution in [0.15, 0.2) is 42.6 Å².